The number of amides is 2. The lowest BCUT2D eigenvalue weighted by Gasteiger charge is -2.13. The van der Waals surface area contributed by atoms with Crippen LogP contribution in [0.2, 0.25) is 0 Å². The Kier molecular flexibility index (Phi) is 2.67. The van der Waals surface area contributed by atoms with Crippen molar-refractivity contribution in [2.24, 2.45) is 5.92 Å². The third-order valence-corrected chi connectivity index (χ3v) is 2.62. The summed E-state index contributed by atoms with van der Waals surface area (Å²) in [5.41, 5.74) is 0. The lowest BCUT2D eigenvalue weighted by atomic mass is 10.1. The van der Waals surface area contributed by atoms with Crippen LogP contribution in [0.25, 0.3) is 0 Å². The van der Waals surface area contributed by atoms with Crippen LogP contribution in [0.1, 0.15) is 12.8 Å². The molecule has 2 fully saturated rings. The first-order valence-corrected chi connectivity index (χ1v) is 4.90. The molecule has 2 amide bonds. The molecule has 5 nitrogen and oxygen atoms in total. The lowest BCUT2D eigenvalue weighted by Crippen LogP contribution is -2.40. The summed E-state index contributed by atoms with van der Waals surface area (Å²) in [7, 11) is 0. The fraction of sp³-hybridized carbons (Fsp3) is 0.778. The van der Waals surface area contributed by atoms with Crippen molar-refractivity contribution in [3.63, 3.8) is 0 Å². The molecule has 0 aromatic heterocycles. The molecule has 2 heterocycles. The highest BCUT2D eigenvalue weighted by molar-refractivity contribution is 5.83. The largest absolute Gasteiger partial charge is 0.381 e. The molecule has 2 atom stereocenters. The Bertz CT molecular complexity index is 248. The van der Waals surface area contributed by atoms with E-state index in [-0.39, 0.29) is 23.8 Å². The summed E-state index contributed by atoms with van der Waals surface area (Å²) in [6.45, 7) is 1.73. The number of ether oxygens (including phenoxy) is 1. The van der Waals surface area contributed by atoms with Crippen LogP contribution in [0.15, 0.2) is 0 Å². The second kappa shape index (κ2) is 3.96. The third-order valence-electron chi connectivity index (χ3n) is 2.62. The Labute approximate surface area is 82.2 Å². The zero-order valence-electron chi connectivity index (χ0n) is 7.91. The minimum atomic E-state index is -0.0319. The van der Waals surface area contributed by atoms with E-state index in [1.807, 2.05) is 0 Å². The first-order valence-electron chi connectivity index (χ1n) is 4.90. The van der Waals surface area contributed by atoms with E-state index in [1.54, 1.807) is 0 Å². The number of carbonyl (C=O) groups excluding carboxylic acids is 2. The second-order valence-corrected chi connectivity index (χ2v) is 3.77. The highest BCUT2D eigenvalue weighted by atomic mass is 16.5. The van der Waals surface area contributed by atoms with Crippen molar-refractivity contribution >= 4 is 11.8 Å². The van der Waals surface area contributed by atoms with Crippen LogP contribution in [0.4, 0.5) is 0 Å². The molecule has 0 aliphatic carbocycles. The van der Waals surface area contributed by atoms with E-state index in [4.69, 9.17) is 4.74 Å². The molecular formula is C9H14N2O3. The molecule has 2 saturated heterocycles. The Morgan fingerprint density at radius 1 is 1.57 bits per heavy atom. The van der Waals surface area contributed by atoms with Crippen LogP contribution in [0.5, 0.6) is 0 Å². The summed E-state index contributed by atoms with van der Waals surface area (Å²) in [6.07, 6.45) is 1.19. The van der Waals surface area contributed by atoms with Gasteiger partial charge in [0.15, 0.2) is 0 Å². The van der Waals surface area contributed by atoms with Crippen LogP contribution in [0, 0.1) is 5.92 Å². The van der Waals surface area contributed by atoms with Gasteiger partial charge in [-0.1, -0.05) is 0 Å². The summed E-state index contributed by atoms with van der Waals surface area (Å²) in [5.74, 6) is 0.00711. The van der Waals surface area contributed by atoms with Gasteiger partial charge in [0.25, 0.3) is 0 Å². The molecule has 0 bridgehead atoms. The molecule has 14 heavy (non-hydrogen) atoms. The summed E-state index contributed by atoms with van der Waals surface area (Å²) in [4.78, 5) is 22.4. The smallest absolute Gasteiger partial charge is 0.225 e. The van der Waals surface area contributed by atoms with E-state index in [0.29, 0.717) is 26.2 Å². The van der Waals surface area contributed by atoms with Gasteiger partial charge in [-0.2, -0.15) is 0 Å². The minimum absolute atomic E-state index is 0.0120. The number of nitrogens with one attached hydrogen (secondary N) is 2. The molecule has 0 spiro atoms. The fourth-order valence-electron chi connectivity index (χ4n) is 1.77. The van der Waals surface area contributed by atoms with Gasteiger partial charge >= 0.3 is 0 Å². The molecule has 2 unspecified atom stereocenters. The fourth-order valence-corrected chi connectivity index (χ4v) is 1.77. The van der Waals surface area contributed by atoms with Crippen molar-refractivity contribution in [1.29, 1.82) is 0 Å². The van der Waals surface area contributed by atoms with Crippen LogP contribution in [-0.2, 0) is 14.3 Å². The van der Waals surface area contributed by atoms with Gasteiger partial charge in [0, 0.05) is 19.6 Å². The summed E-state index contributed by atoms with van der Waals surface area (Å²) in [6, 6.07) is -0.0319. The minimum Gasteiger partial charge on any atom is -0.381 e. The summed E-state index contributed by atoms with van der Waals surface area (Å²) in [5, 5.41) is 5.53. The van der Waals surface area contributed by atoms with E-state index in [1.165, 1.54) is 0 Å². The van der Waals surface area contributed by atoms with Gasteiger partial charge in [-0.15, -0.1) is 0 Å². The van der Waals surface area contributed by atoms with Crippen molar-refractivity contribution in [2.75, 3.05) is 19.8 Å². The number of hydrogen-bond acceptors (Lipinski definition) is 3. The molecule has 2 aliphatic heterocycles. The van der Waals surface area contributed by atoms with Crippen molar-refractivity contribution in [3.8, 4) is 0 Å². The molecule has 0 aromatic carbocycles. The van der Waals surface area contributed by atoms with Crippen molar-refractivity contribution in [1.82, 2.24) is 10.6 Å². The maximum absolute atomic E-state index is 11.6. The van der Waals surface area contributed by atoms with Crippen LogP contribution in [0.3, 0.4) is 0 Å². The number of carbonyl (C=O) groups is 2. The summed E-state index contributed by atoms with van der Waals surface area (Å²) >= 11 is 0. The molecule has 0 radical (unpaired) electrons. The maximum atomic E-state index is 11.6. The van der Waals surface area contributed by atoms with Crippen LogP contribution >= 0.6 is 0 Å². The second-order valence-electron chi connectivity index (χ2n) is 3.77. The first kappa shape index (κ1) is 9.45. The molecular weight excluding hydrogens is 184 g/mol. The normalized spacial score (nSPS) is 31.6. The Morgan fingerprint density at radius 3 is 3.00 bits per heavy atom. The van der Waals surface area contributed by atoms with Gasteiger partial charge in [-0.3, -0.25) is 9.59 Å². The van der Waals surface area contributed by atoms with Crippen molar-refractivity contribution in [3.05, 3.63) is 0 Å². The van der Waals surface area contributed by atoms with Crippen LogP contribution < -0.4 is 10.6 Å². The van der Waals surface area contributed by atoms with Crippen molar-refractivity contribution < 1.29 is 14.3 Å². The topological polar surface area (TPSA) is 67.4 Å². The first-order chi connectivity index (χ1) is 6.75. The zero-order chi connectivity index (χ0) is 9.97. The molecule has 0 aromatic rings. The Hall–Kier alpha value is -1.10. The predicted octanol–water partition coefficient (Wildman–Crippen LogP) is -0.972. The molecule has 5 heteroatoms. The van der Waals surface area contributed by atoms with Gasteiger partial charge in [0.1, 0.15) is 0 Å². The Morgan fingerprint density at radius 2 is 2.43 bits per heavy atom. The van der Waals surface area contributed by atoms with Crippen molar-refractivity contribution in [2.45, 2.75) is 18.9 Å². The number of rotatable bonds is 2. The predicted molar refractivity (Wildman–Crippen MR) is 48.5 cm³/mol. The lowest BCUT2D eigenvalue weighted by molar-refractivity contribution is -0.125. The van der Waals surface area contributed by atoms with E-state index < -0.39 is 0 Å². The van der Waals surface area contributed by atoms with Gasteiger partial charge in [0.05, 0.1) is 18.6 Å². The molecule has 2 aliphatic rings. The van der Waals surface area contributed by atoms with Crippen LogP contribution in [-0.4, -0.2) is 37.6 Å². The van der Waals surface area contributed by atoms with Gasteiger partial charge in [-0.05, 0) is 6.42 Å². The zero-order valence-corrected chi connectivity index (χ0v) is 7.91. The Balaban J connectivity index is 1.79. The van der Waals surface area contributed by atoms with Gasteiger partial charge in [0.2, 0.25) is 11.8 Å². The SMILES string of the molecule is O=C1CC(NC(=O)C2CCOC2)CN1. The van der Waals surface area contributed by atoms with Gasteiger partial charge in [-0.25, -0.2) is 0 Å². The van der Waals surface area contributed by atoms with E-state index in [9.17, 15) is 9.59 Å². The number of hydrogen-bond donors (Lipinski definition) is 2. The highest BCUT2D eigenvalue weighted by Gasteiger charge is 2.28. The average Bonchev–Trinajstić information content (AvgIpc) is 2.75. The van der Waals surface area contributed by atoms with E-state index in [2.05, 4.69) is 10.6 Å². The third kappa shape index (κ3) is 2.04. The standard InChI is InChI=1S/C9H14N2O3/c12-8-3-7(4-10-8)11-9(13)6-1-2-14-5-6/h6-7H,1-5H2,(H,10,12)(H,11,13). The molecule has 2 N–H and O–H groups in total. The monoisotopic (exact) mass is 198 g/mol. The van der Waals surface area contributed by atoms with E-state index >= 15 is 0 Å². The van der Waals surface area contributed by atoms with E-state index in [0.717, 1.165) is 6.42 Å². The van der Waals surface area contributed by atoms with Gasteiger partial charge < -0.3 is 15.4 Å². The average molecular weight is 198 g/mol. The quantitative estimate of drug-likeness (QED) is 0.599. The maximum Gasteiger partial charge on any atom is 0.225 e. The molecule has 0 saturated carbocycles. The molecule has 2 rings (SSSR count). The highest BCUT2D eigenvalue weighted by Crippen LogP contribution is 2.13. The molecule has 78 valence electrons. The summed E-state index contributed by atoms with van der Waals surface area (Å²) < 4.78 is 5.12.